The summed E-state index contributed by atoms with van der Waals surface area (Å²) in [5.74, 6) is 0.299. The molecule has 7 nitrogen and oxygen atoms in total. The van der Waals surface area contributed by atoms with Crippen molar-refractivity contribution in [3.8, 4) is 0 Å². The second kappa shape index (κ2) is 6.72. The molecule has 122 valence electrons. The van der Waals surface area contributed by atoms with Crippen molar-refractivity contribution in [2.45, 2.75) is 24.7 Å². The highest BCUT2D eigenvalue weighted by Crippen LogP contribution is 2.22. The van der Waals surface area contributed by atoms with E-state index in [0.717, 1.165) is 25.9 Å². The molecule has 1 aromatic carbocycles. The Balaban J connectivity index is 2.07. The lowest BCUT2D eigenvalue weighted by Crippen LogP contribution is -2.39. The van der Waals surface area contributed by atoms with Gasteiger partial charge in [-0.05, 0) is 51.4 Å². The van der Waals surface area contributed by atoms with E-state index in [-0.39, 0.29) is 10.6 Å². The first kappa shape index (κ1) is 16.9. The van der Waals surface area contributed by atoms with Crippen molar-refractivity contribution in [3.63, 3.8) is 0 Å². The molecule has 0 aliphatic carbocycles. The summed E-state index contributed by atoms with van der Waals surface area (Å²) in [6.45, 7) is 3.85. The van der Waals surface area contributed by atoms with Gasteiger partial charge in [-0.15, -0.1) is 0 Å². The number of hydrogen-bond acceptors (Lipinski definition) is 5. The van der Waals surface area contributed by atoms with Crippen LogP contribution in [0.2, 0.25) is 0 Å². The molecule has 1 saturated heterocycles. The lowest BCUT2D eigenvalue weighted by Gasteiger charge is -2.29. The first-order chi connectivity index (χ1) is 10.3. The molecular formula is C14H21N3O4S. The number of nitrogens with zero attached hydrogens (tertiary/aromatic N) is 2. The van der Waals surface area contributed by atoms with Crippen LogP contribution in [0, 0.1) is 23.0 Å². The van der Waals surface area contributed by atoms with Crippen LogP contribution in [0.3, 0.4) is 0 Å². The Kier molecular flexibility index (Phi) is 5.15. The van der Waals surface area contributed by atoms with E-state index in [1.807, 2.05) is 7.05 Å². The van der Waals surface area contributed by atoms with Gasteiger partial charge in [-0.2, -0.15) is 0 Å². The van der Waals surface area contributed by atoms with Crippen LogP contribution >= 0.6 is 0 Å². The number of nitrogens with one attached hydrogen (secondary N) is 1. The van der Waals surface area contributed by atoms with Gasteiger partial charge in [-0.3, -0.25) is 10.1 Å². The van der Waals surface area contributed by atoms with E-state index in [9.17, 15) is 18.5 Å². The van der Waals surface area contributed by atoms with Gasteiger partial charge in [0.1, 0.15) is 0 Å². The molecule has 0 amide bonds. The largest absolute Gasteiger partial charge is 0.306 e. The average molecular weight is 327 g/mol. The molecule has 0 bridgehead atoms. The van der Waals surface area contributed by atoms with E-state index in [1.54, 1.807) is 0 Å². The van der Waals surface area contributed by atoms with Crippen LogP contribution in [0.25, 0.3) is 0 Å². The summed E-state index contributed by atoms with van der Waals surface area (Å²) in [7, 11) is -1.61. The number of hydrogen-bond donors (Lipinski definition) is 1. The maximum atomic E-state index is 12.3. The smallest absolute Gasteiger partial charge is 0.272 e. The normalized spacial score (nSPS) is 20.0. The first-order valence-corrected chi connectivity index (χ1v) is 8.71. The van der Waals surface area contributed by atoms with Gasteiger partial charge >= 0.3 is 0 Å². The van der Waals surface area contributed by atoms with Crippen LogP contribution < -0.4 is 4.72 Å². The summed E-state index contributed by atoms with van der Waals surface area (Å²) in [5.41, 5.74) is 0.262. The highest BCUT2D eigenvalue weighted by molar-refractivity contribution is 7.89. The van der Waals surface area contributed by atoms with E-state index in [2.05, 4.69) is 9.62 Å². The van der Waals surface area contributed by atoms with Gasteiger partial charge in [0.15, 0.2) is 0 Å². The standard InChI is InChI=1S/C14H21N3O4S/c1-11-8-13(5-6-14(11)17(18)19)22(20,21)15-9-12-4-3-7-16(2)10-12/h5-6,8,12,15H,3-4,7,9-10H2,1-2H3. The molecule has 1 N–H and O–H groups in total. The van der Waals surface area contributed by atoms with Crippen molar-refractivity contribution in [2.24, 2.45) is 5.92 Å². The molecule has 0 aromatic heterocycles. The van der Waals surface area contributed by atoms with Gasteiger partial charge in [-0.1, -0.05) is 0 Å². The summed E-state index contributed by atoms with van der Waals surface area (Å²) in [4.78, 5) is 12.5. The zero-order valence-electron chi connectivity index (χ0n) is 12.8. The predicted octanol–water partition coefficient (Wildman–Crippen LogP) is 1.52. The van der Waals surface area contributed by atoms with Crippen molar-refractivity contribution in [3.05, 3.63) is 33.9 Å². The zero-order valence-corrected chi connectivity index (χ0v) is 13.6. The quantitative estimate of drug-likeness (QED) is 0.654. The minimum atomic E-state index is -3.63. The van der Waals surface area contributed by atoms with Crippen LogP contribution in [0.5, 0.6) is 0 Å². The van der Waals surface area contributed by atoms with E-state index in [1.165, 1.54) is 25.1 Å². The molecule has 8 heteroatoms. The van der Waals surface area contributed by atoms with Crippen LogP contribution in [-0.2, 0) is 10.0 Å². The second-order valence-corrected chi connectivity index (χ2v) is 7.59. The van der Waals surface area contributed by atoms with Gasteiger partial charge in [0.25, 0.3) is 5.69 Å². The molecule has 0 saturated carbocycles. The molecular weight excluding hydrogens is 306 g/mol. The minimum absolute atomic E-state index is 0.0692. The summed E-state index contributed by atoms with van der Waals surface area (Å²) in [5, 5.41) is 10.8. The lowest BCUT2D eigenvalue weighted by atomic mass is 9.99. The second-order valence-electron chi connectivity index (χ2n) is 5.83. The van der Waals surface area contributed by atoms with Gasteiger partial charge in [0.05, 0.1) is 9.82 Å². The van der Waals surface area contributed by atoms with E-state index < -0.39 is 14.9 Å². The Labute approximate surface area is 130 Å². The molecule has 2 rings (SSSR count). The average Bonchev–Trinajstić information content (AvgIpc) is 2.45. The fourth-order valence-corrected chi connectivity index (χ4v) is 3.95. The Morgan fingerprint density at radius 1 is 1.45 bits per heavy atom. The van der Waals surface area contributed by atoms with Crippen molar-refractivity contribution in [1.82, 2.24) is 9.62 Å². The number of sulfonamides is 1. The van der Waals surface area contributed by atoms with Crippen LogP contribution in [0.1, 0.15) is 18.4 Å². The van der Waals surface area contributed by atoms with E-state index in [0.29, 0.717) is 18.0 Å². The SMILES string of the molecule is Cc1cc(S(=O)(=O)NCC2CCCN(C)C2)ccc1[N+](=O)[O-]. The van der Waals surface area contributed by atoms with Crippen LogP contribution in [-0.4, -0.2) is 44.9 Å². The summed E-state index contributed by atoms with van der Waals surface area (Å²) < 4.78 is 27.2. The molecule has 1 aromatic rings. The fourth-order valence-electron chi connectivity index (χ4n) is 2.75. The summed E-state index contributed by atoms with van der Waals surface area (Å²) in [6, 6.07) is 3.85. The van der Waals surface area contributed by atoms with Gasteiger partial charge in [-0.25, -0.2) is 13.1 Å². The van der Waals surface area contributed by atoms with Crippen LogP contribution in [0.4, 0.5) is 5.69 Å². The highest BCUT2D eigenvalue weighted by Gasteiger charge is 2.22. The number of nitro benzene ring substituents is 1. The molecule has 0 spiro atoms. The Hall–Kier alpha value is -1.51. The first-order valence-electron chi connectivity index (χ1n) is 7.23. The van der Waals surface area contributed by atoms with Gasteiger partial charge in [0, 0.05) is 24.7 Å². The van der Waals surface area contributed by atoms with Crippen LogP contribution in [0.15, 0.2) is 23.1 Å². The molecule has 1 aliphatic heterocycles. The third kappa shape index (κ3) is 4.02. The zero-order chi connectivity index (χ0) is 16.3. The number of benzene rings is 1. The number of aryl methyl sites for hydroxylation is 1. The predicted molar refractivity (Wildman–Crippen MR) is 83.2 cm³/mol. The molecule has 1 heterocycles. The third-order valence-electron chi connectivity index (χ3n) is 3.96. The Morgan fingerprint density at radius 3 is 2.77 bits per heavy atom. The molecule has 0 radical (unpaired) electrons. The Morgan fingerprint density at radius 2 is 2.18 bits per heavy atom. The van der Waals surface area contributed by atoms with E-state index in [4.69, 9.17) is 0 Å². The maximum absolute atomic E-state index is 12.3. The number of likely N-dealkylation sites (tertiary alicyclic amines) is 1. The fraction of sp³-hybridized carbons (Fsp3) is 0.571. The molecule has 22 heavy (non-hydrogen) atoms. The molecule has 1 fully saturated rings. The summed E-state index contributed by atoms with van der Waals surface area (Å²) >= 11 is 0. The number of piperidine rings is 1. The Bertz CT molecular complexity index is 660. The maximum Gasteiger partial charge on any atom is 0.272 e. The van der Waals surface area contributed by atoms with Crippen molar-refractivity contribution in [1.29, 1.82) is 0 Å². The van der Waals surface area contributed by atoms with E-state index >= 15 is 0 Å². The van der Waals surface area contributed by atoms with Gasteiger partial charge < -0.3 is 4.90 Å². The highest BCUT2D eigenvalue weighted by atomic mass is 32.2. The third-order valence-corrected chi connectivity index (χ3v) is 5.38. The van der Waals surface area contributed by atoms with Crippen molar-refractivity contribution in [2.75, 3.05) is 26.7 Å². The van der Waals surface area contributed by atoms with Crippen molar-refractivity contribution < 1.29 is 13.3 Å². The molecule has 1 unspecified atom stereocenters. The minimum Gasteiger partial charge on any atom is -0.306 e. The van der Waals surface area contributed by atoms with Crippen molar-refractivity contribution >= 4 is 15.7 Å². The molecule has 1 aliphatic rings. The topological polar surface area (TPSA) is 92.6 Å². The van der Waals surface area contributed by atoms with Gasteiger partial charge in [0.2, 0.25) is 10.0 Å². The monoisotopic (exact) mass is 327 g/mol. The number of rotatable bonds is 5. The number of nitro groups is 1. The lowest BCUT2D eigenvalue weighted by molar-refractivity contribution is -0.385. The summed E-state index contributed by atoms with van der Waals surface area (Å²) in [6.07, 6.45) is 2.08. The molecule has 1 atom stereocenters.